The molecule has 0 saturated carbocycles. The number of ether oxygens (including phenoxy) is 2. The van der Waals surface area contributed by atoms with Crippen LogP contribution in [0.1, 0.15) is 47.1 Å². The second kappa shape index (κ2) is 11.1. The van der Waals surface area contributed by atoms with Crippen molar-refractivity contribution in [2.45, 2.75) is 20.8 Å². The van der Waals surface area contributed by atoms with Gasteiger partial charge in [0.15, 0.2) is 5.78 Å². The number of carbonyl (C=O) groups is 3. The Morgan fingerprint density at radius 1 is 1.03 bits per heavy atom. The molecular formula is C26H25NO8. The van der Waals surface area contributed by atoms with Crippen molar-refractivity contribution in [1.82, 2.24) is 0 Å². The number of phenolic OH excluding ortho intramolecular Hbond substituents is 1. The molecule has 0 aliphatic heterocycles. The molecule has 35 heavy (non-hydrogen) atoms. The monoisotopic (exact) mass is 479 g/mol. The van der Waals surface area contributed by atoms with Crippen LogP contribution in [0.15, 0.2) is 57.8 Å². The summed E-state index contributed by atoms with van der Waals surface area (Å²) in [5.74, 6) is -2.48. The lowest BCUT2D eigenvalue weighted by atomic mass is 10.1. The van der Waals surface area contributed by atoms with E-state index in [-0.39, 0.29) is 16.7 Å². The number of benzene rings is 2. The average Bonchev–Trinajstić information content (AvgIpc) is 2.82. The number of hydrogen-bond acceptors (Lipinski definition) is 9. The Balaban J connectivity index is 1.77. The van der Waals surface area contributed by atoms with Gasteiger partial charge in [-0.2, -0.15) is 0 Å². The van der Waals surface area contributed by atoms with Gasteiger partial charge in [0.1, 0.15) is 11.3 Å². The summed E-state index contributed by atoms with van der Waals surface area (Å²) in [5, 5.41) is 10.9. The first kappa shape index (κ1) is 25.2. The first-order valence-corrected chi connectivity index (χ1v) is 10.9. The molecule has 2 aromatic carbocycles. The topological polar surface area (TPSA) is 123 Å². The second-order valence-corrected chi connectivity index (χ2v) is 7.50. The Bertz CT molecular complexity index is 1350. The molecule has 3 aromatic rings. The van der Waals surface area contributed by atoms with Crippen molar-refractivity contribution in [3.8, 4) is 5.75 Å². The largest absolute Gasteiger partial charge is 0.507 e. The van der Waals surface area contributed by atoms with Crippen LogP contribution < -0.4 is 10.5 Å². The molecule has 9 nitrogen and oxygen atoms in total. The van der Waals surface area contributed by atoms with E-state index in [0.717, 1.165) is 30.9 Å². The number of nitrogens with zero attached hydrogens (tertiary/aromatic N) is 1. The van der Waals surface area contributed by atoms with Crippen molar-refractivity contribution in [2.75, 3.05) is 24.8 Å². The summed E-state index contributed by atoms with van der Waals surface area (Å²) >= 11 is 0. The third kappa shape index (κ3) is 6.14. The van der Waals surface area contributed by atoms with Crippen molar-refractivity contribution < 1.29 is 33.4 Å². The van der Waals surface area contributed by atoms with Gasteiger partial charge in [-0.05, 0) is 62.4 Å². The summed E-state index contributed by atoms with van der Waals surface area (Å²) in [6.07, 6.45) is 2.45. The number of carbonyl (C=O) groups excluding carboxylic acids is 3. The summed E-state index contributed by atoms with van der Waals surface area (Å²) in [6.45, 7) is 6.31. The third-order valence-electron chi connectivity index (χ3n) is 5.24. The summed E-state index contributed by atoms with van der Waals surface area (Å²) in [7, 11) is 0. The van der Waals surface area contributed by atoms with E-state index in [4.69, 9.17) is 9.15 Å². The molecule has 1 aromatic heterocycles. The van der Waals surface area contributed by atoms with Gasteiger partial charge in [0.25, 0.3) is 0 Å². The van der Waals surface area contributed by atoms with Crippen molar-refractivity contribution in [3.63, 3.8) is 0 Å². The normalized spacial score (nSPS) is 10.9. The zero-order valence-electron chi connectivity index (χ0n) is 19.6. The van der Waals surface area contributed by atoms with Crippen LogP contribution in [-0.4, -0.2) is 42.7 Å². The highest BCUT2D eigenvalue weighted by atomic mass is 16.7. The van der Waals surface area contributed by atoms with Gasteiger partial charge in [0.05, 0.1) is 16.7 Å². The fourth-order valence-corrected chi connectivity index (χ4v) is 3.39. The average molecular weight is 479 g/mol. The molecule has 0 saturated heterocycles. The molecule has 0 aliphatic carbocycles. The van der Waals surface area contributed by atoms with Crippen LogP contribution in [0, 0.1) is 0 Å². The minimum atomic E-state index is -0.839. The maximum Gasteiger partial charge on any atom is 0.343 e. The summed E-state index contributed by atoms with van der Waals surface area (Å²) in [6, 6.07) is 10.8. The molecule has 1 N–H and O–H groups in total. The van der Waals surface area contributed by atoms with Crippen LogP contribution in [0.2, 0.25) is 0 Å². The van der Waals surface area contributed by atoms with Gasteiger partial charge in [-0.25, -0.2) is 9.59 Å². The van der Waals surface area contributed by atoms with E-state index in [1.165, 1.54) is 25.1 Å². The third-order valence-corrected chi connectivity index (χ3v) is 5.24. The highest BCUT2D eigenvalue weighted by Crippen LogP contribution is 2.23. The lowest BCUT2D eigenvalue weighted by molar-refractivity contribution is -0.149. The fraction of sp³-hybridized carbons (Fsp3) is 0.231. The first-order valence-electron chi connectivity index (χ1n) is 10.9. The Labute approximate surface area is 201 Å². The molecule has 0 bridgehead atoms. The number of esters is 2. The van der Waals surface area contributed by atoms with Crippen molar-refractivity contribution >= 4 is 40.5 Å². The number of rotatable bonds is 9. The van der Waals surface area contributed by atoms with Crippen molar-refractivity contribution in [3.05, 3.63) is 75.7 Å². The van der Waals surface area contributed by atoms with Crippen LogP contribution in [0.4, 0.5) is 5.69 Å². The van der Waals surface area contributed by atoms with Gasteiger partial charge < -0.3 is 23.9 Å². The van der Waals surface area contributed by atoms with Gasteiger partial charge >= 0.3 is 17.6 Å². The van der Waals surface area contributed by atoms with Crippen LogP contribution >= 0.6 is 0 Å². The zero-order valence-corrected chi connectivity index (χ0v) is 19.6. The highest BCUT2D eigenvalue weighted by Gasteiger charge is 2.15. The lowest BCUT2D eigenvalue weighted by Gasteiger charge is -2.20. The maximum atomic E-state index is 12.6. The minimum absolute atomic E-state index is 0.0329. The van der Waals surface area contributed by atoms with E-state index in [1.807, 2.05) is 26.0 Å². The molecular weight excluding hydrogens is 454 g/mol. The van der Waals surface area contributed by atoms with Gasteiger partial charge in [-0.3, -0.25) is 9.59 Å². The van der Waals surface area contributed by atoms with Crippen molar-refractivity contribution in [1.29, 1.82) is 0 Å². The lowest BCUT2D eigenvalue weighted by Crippen LogP contribution is -2.21. The van der Waals surface area contributed by atoms with Crippen LogP contribution in [0.3, 0.4) is 0 Å². The van der Waals surface area contributed by atoms with Gasteiger partial charge in [0.2, 0.25) is 6.79 Å². The summed E-state index contributed by atoms with van der Waals surface area (Å²) < 4.78 is 14.7. The number of anilines is 1. The van der Waals surface area contributed by atoms with Crippen molar-refractivity contribution in [2.24, 2.45) is 0 Å². The van der Waals surface area contributed by atoms with Crippen LogP contribution in [0.5, 0.6) is 5.75 Å². The number of ketones is 1. The number of fused-ring (bicyclic) bond motifs is 1. The minimum Gasteiger partial charge on any atom is -0.507 e. The maximum absolute atomic E-state index is 12.6. The first-order chi connectivity index (χ1) is 16.7. The quantitative estimate of drug-likeness (QED) is 0.160. The standard InChI is InChI=1S/C26H25NO8/c1-4-27(5-2)20-9-6-17-12-18(26(32)35-24(17)14-20)8-11-22(29)21-10-7-19(13-23(21)30)25(31)34-15-33-16(3)28/h6-14,30H,4-5,15H2,1-3H3/b11-8+. The Morgan fingerprint density at radius 3 is 2.43 bits per heavy atom. The Kier molecular flexibility index (Phi) is 8.04. The molecule has 0 aliphatic rings. The van der Waals surface area contributed by atoms with E-state index in [9.17, 15) is 24.3 Å². The van der Waals surface area contributed by atoms with Crippen LogP contribution in [-0.2, 0) is 14.3 Å². The fourth-order valence-electron chi connectivity index (χ4n) is 3.39. The number of phenols is 1. The number of allylic oxidation sites excluding steroid dienone is 1. The van der Waals surface area contributed by atoms with Gasteiger partial charge in [-0.1, -0.05) is 0 Å². The van der Waals surface area contributed by atoms with E-state index in [2.05, 4.69) is 9.64 Å². The SMILES string of the molecule is CCN(CC)c1ccc2cc(/C=C/C(=O)c3ccc(C(=O)OCOC(C)=O)cc3O)c(=O)oc2c1. The summed E-state index contributed by atoms with van der Waals surface area (Å²) in [4.78, 5) is 49.8. The molecule has 182 valence electrons. The van der Waals surface area contributed by atoms with E-state index in [0.29, 0.717) is 11.0 Å². The molecule has 3 rings (SSSR count). The molecule has 0 atom stereocenters. The number of hydrogen-bond donors (Lipinski definition) is 1. The predicted octanol–water partition coefficient (Wildman–Crippen LogP) is 3.92. The van der Waals surface area contributed by atoms with E-state index < -0.39 is 35.9 Å². The second-order valence-electron chi connectivity index (χ2n) is 7.50. The Hall–Kier alpha value is -4.40. The smallest absolute Gasteiger partial charge is 0.343 e. The molecule has 0 radical (unpaired) electrons. The predicted molar refractivity (Wildman–Crippen MR) is 130 cm³/mol. The molecule has 9 heteroatoms. The molecule has 0 amide bonds. The van der Waals surface area contributed by atoms with E-state index in [1.54, 1.807) is 12.1 Å². The molecule has 1 heterocycles. The molecule has 0 fully saturated rings. The van der Waals surface area contributed by atoms with Crippen LogP contribution in [0.25, 0.3) is 17.0 Å². The highest BCUT2D eigenvalue weighted by molar-refractivity contribution is 6.09. The van der Waals surface area contributed by atoms with Gasteiger partial charge in [0, 0.05) is 37.2 Å². The zero-order chi connectivity index (χ0) is 25.5. The van der Waals surface area contributed by atoms with Gasteiger partial charge in [-0.15, -0.1) is 0 Å². The molecule has 0 unspecified atom stereocenters. The number of aromatic hydroxyl groups is 1. The van der Waals surface area contributed by atoms with E-state index >= 15 is 0 Å². The molecule has 0 spiro atoms. The Morgan fingerprint density at radius 2 is 1.77 bits per heavy atom. The summed E-state index contributed by atoms with van der Waals surface area (Å²) in [5.41, 5.74) is 0.844.